The molecule has 0 saturated heterocycles. The Kier molecular flexibility index (Phi) is 5.40. The number of nitrogens with one attached hydrogen (secondary N) is 1. The van der Waals surface area contributed by atoms with Gasteiger partial charge in [0.15, 0.2) is 5.89 Å². The topological polar surface area (TPSA) is 47.3 Å². The van der Waals surface area contributed by atoms with E-state index in [-0.39, 0.29) is 5.41 Å². The van der Waals surface area contributed by atoms with Crippen LogP contribution >= 0.6 is 0 Å². The zero-order valence-corrected chi connectivity index (χ0v) is 12.2. The van der Waals surface area contributed by atoms with E-state index in [2.05, 4.69) is 17.2 Å². The standard InChI is InChI=1S/C15H26N2O2/c1-15(7-4-3-5-8-15)13-12-17-14(19-13)6-9-16-10-11-18-2/h12,16H,3-11H2,1-2H3. The summed E-state index contributed by atoms with van der Waals surface area (Å²) >= 11 is 0. The van der Waals surface area contributed by atoms with Crippen LogP contribution in [0, 0.1) is 0 Å². The number of oxazole rings is 1. The number of ether oxygens (including phenoxy) is 1. The van der Waals surface area contributed by atoms with E-state index >= 15 is 0 Å². The smallest absolute Gasteiger partial charge is 0.195 e. The Bertz CT molecular complexity index is 370. The Labute approximate surface area is 115 Å². The molecule has 1 aromatic rings. The maximum absolute atomic E-state index is 5.95. The van der Waals surface area contributed by atoms with Gasteiger partial charge in [-0.3, -0.25) is 0 Å². The Balaban J connectivity index is 1.81. The van der Waals surface area contributed by atoms with Gasteiger partial charge in [0, 0.05) is 32.0 Å². The Morgan fingerprint density at radius 1 is 1.32 bits per heavy atom. The van der Waals surface area contributed by atoms with Crippen molar-refractivity contribution >= 4 is 0 Å². The van der Waals surface area contributed by atoms with Gasteiger partial charge in [0.2, 0.25) is 0 Å². The van der Waals surface area contributed by atoms with E-state index in [1.165, 1.54) is 32.1 Å². The highest BCUT2D eigenvalue weighted by atomic mass is 16.5. The molecule has 0 amide bonds. The van der Waals surface area contributed by atoms with Crippen LogP contribution in [0.5, 0.6) is 0 Å². The molecule has 19 heavy (non-hydrogen) atoms. The molecule has 1 N–H and O–H groups in total. The molecule has 0 bridgehead atoms. The molecule has 0 radical (unpaired) electrons. The maximum Gasteiger partial charge on any atom is 0.195 e. The molecule has 108 valence electrons. The maximum atomic E-state index is 5.95. The van der Waals surface area contributed by atoms with Gasteiger partial charge in [-0.2, -0.15) is 0 Å². The van der Waals surface area contributed by atoms with Gasteiger partial charge >= 0.3 is 0 Å². The molecule has 4 heteroatoms. The molecule has 0 aliphatic heterocycles. The van der Waals surface area contributed by atoms with Gasteiger partial charge in [0.05, 0.1) is 12.8 Å². The molecule has 1 saturated carbocycles. The SMILES string of the molecule is COCCNCCc1ncc(C2(C)CCCCC2)o1. The lowest BCUT2D eigenvalue weighted by molar-refractivity contribution is 0.199. The summed E-state index contributed by atoms with van der Waals surface area (Å²) in [7, 11) is 1.72. The molecule has 0 aromatic carbocycles. The first-order valence-corrected chi connectivity index (χ1v) is 7.39. The van der Waals surface area contributed by atoms with Gasteiger partial charge in [0.25, 0.3) is 0 Å². The molecule has 2 rings (SSSR count). The van der Waals surface area contributed by atoms with Gasteiger partial charge in [-0.05, 0) is 12.8 Å². The summed E-state index contributed by atoms with van der Waals surface area (Å²) in [5.74, 6) is 1.94. The second-order valence-corrected chi connectivity index (χ2v) is 5.73. The normalized spacial score (nSPS) is 18.6. The Hall–Kier alpha value is -0.870. The summed E-state index contributed by atoms with van der Waals surface area (Å²) < 4.78 is 10.9. The van der Waals surface area contributed by atoms with Crippen molar-refractivity contribution in [1.82, 2.24) is 10.3 Å². The van der Waals surface area contributed by atoms with E-state index in [0.717, 1.165) is 37.8 Å². The average Bonchev–Trinajstić information content (AvgIpc) is 2.89. The summed E-state index contributed by atoms with van der Waals surface area (Å²) in [4.78, 5) is 4.42. The van der Waals surface area contributed by atoms with E-state index in [9.17, 15) is 0 Å². The summed E-state index contributed by atoms with van der Waals surface area (Å²) in [6, 6.07) is 0. The van der Waals surface area contributed by atoms with Crippen LogP contribution in [0.15, 0.2) is 10.6 Å². The van der Waals surface area contributed by atoms with Crippen molar-refractivity contribution in [1.29, 1.82) is 0 Å². The second kappa shape index (κ2) is 7.06. The average molecular weight is 266 g/mol. The zero-order valence-electron chi connectivity index (χ0n) is 12.2. The van der Waals surface area contributed by atoms with Crippen molar-refractivity contribution in [2.75, 3.05) is 26.8 Å². The van der Waals surface area contributed by atoms with Crippen LogP contribution < -0.4 is 5.32 Å². The molecule has 0 unspecified atom stereocenters. The Morgan fingerprint density at radius 3 is 2.84 bits per heavy atom. The van der Waals surface area contributed by atoms with Gasteiger partial charge < -0.3 is 14.5 Å². The monoisotopic (exact) mass is 266 g/mol. The molecule has 1 fully saturated rings. The van der Waals surface area contributed by atoms with Gasteiger partial charge in [-0.15, -0.1) is 0 Å². The molecular weight excluding hydrogens is 240 g/mol. The van der Waals surface area contributed by atoms with Crippen LogP contribution in [0.25, 0.3) is 0 Å². The van der Waals surface area contributed by atoms with Crippen LogP contribution in [-0.4, -0.2) is 31.8 Å². The minimum atomic E-state index is 0.215. The third-order valence-electron chi connectivity index (χ3n) is 4.10. The lowest BCUT2D eigenvalue weighted by Gasteiger charge is -2.30. The highest BCUT2D eigenvalue weighted by Gasteiger charge is 2.32. The molecule has 1 heterocycles. The van der Waals surface area contributed by atoms with Crippen molar-refractivity contribution in [3.8, 4) is 0 Å². The quantitative estimate of drug-likeness (QED) is 0.771. The summed E-state index contributed by atoms with van der Waals surface area (Å²) in [5.41, 5.74) is 0.215. The highest BCUT2D eigenvalue weighted by Crippen LogP contribution is 2.39. The fourth-order valence-electron chi connectivity index (χ4n) is 2.78. The summed E-state index contributed by atoms with van der Waals surface area (Å²) in [6.45, 7) is 4.82. The van der Waals surface area contributed by atoms with E-state index in [1.54, 1.807) is 7.11 Å². The Morgan fingerprint density at radius 2 is 2.11 bits per heavy atom. The van der Waals surface area contributed by atoms with Crippen molar-refractivity contribution < 1.29 is 9.15 Å². The predicted molar refractivity (Wildman–Crippen MR) is 75.4 cm³/mol. The number of aromatic nitrogens is 1. The molecule has 1 aliphatic carbocycles. The van der Waals surface area contributed by atoms with E-state index < -0.39 is 0 Å². The first kappa shape index (κ1) is 14.5. The molecule has 4 nitrogen and oxygen atoms in total. The zero-order chi connectivity index (χ0) is 13.6. The van der Waals surface area contributed by atoms with Crippen molar-refractivity contribution in [2.24, 2.45) is 0 Å². The van der Waals surface area contributed by atoms with Crippen molar-refractivity contribution in [3.63, 3.8) is 0 Å². The first-order valence-electron chi connectivity index (χ1n) is 7.39. The number of methoxy groups -OCH3 is 1. The fraction of sp³-hybridized carbons (Fsp3) is 0.800. The van der Waals surface area contributed by atoms with E-state index in [4.69, 9.17) is 9.15 Å². The number of rotatable bonds is 7. The van der Waals surface area contributed by atoms with Gasteiger partial charge in [-0.25, -0.2) is 4.98 Å². The highest BCUT2D eigenvalue weighted by molar-refractivity contribution is 5.11. The van der Waals surface area contributed by atoms with Crippen molar-refractivity contribution in [2.45, 2.75) is 50.9 Å². The summed E-state index contributed by atoms with van der Waals surface area (Å²) in [5, 5.41) is 3.31. The largest absolute Gasteiger partial charge is 0.445 e. The molecule has 0 spiro atoms. The third-order valence-corrected chi connectivity index (χ3v) is 4.10. The van der Waals surface area contributed by atoms with Crippen LogP contribution in [0.1, 0.15) is 50.7 Å². The van der Waals surface area contributed by atoms with Crippen LogP contribution in [0.4, 0.5) is 0 Å². The number of hydrogen-bond acceptors (Lipinski definition) is 4. The fourth-order valence-corrected chi connectivity index (χ4v) is 2.78. The number of hydrogen-bond donors (Lipinski definition) is 1. The lowest BCUT2D eigenvalue weighted by atomic mass is 9.74. The van der Waals surface area contributed by atoms with Crippen LogP contribution in [0.2, 0.25) is 0 Å². The number of nitrogens with zero attached hydrogens (tertiary/aromatic N) is 1. The van der Waals surface area contributed by atoms with Gasteiger partial charge in [0.1, 0.15) is 5.76 Å². The van der Waals surface area contributed by atoms with Crippen molar-refractivity contribution in [3.05, 3.63) is 17.8 Å². The lowest BCUT2D eigenvalue weighted by Crippen LogP contribution is -2.24. The molecule has 1 aromatic heterocycles. The van der Waals surface area contributed by atoms with Crippen LogP contribution in [0.3, 0.4) is 0 Å². The molecule has 0 atom stereocenters. The predicted octanol–water partition coefficient (Wildman–Crippen LogP) is 2.67. The first-order chi connectivity index (χ1) is 9.24. The van der Waals surface area contributed by atoms with E-state index in [1.807, 2.05) is 6.20 Å². The minimum absolute atomic E-state index is 0.215. The molecular formula is C15H26N2O2. The summed E-state index contributed by atoms with van der Waals surface area (Å²) in [6.07, 6.45) is 9.23. The second-order valence-electron chi connectivity index (χ2n) is 5.73. The van der Waals surface area contributed by atoms with Crippen LogP contribution in [-0.2, 0) is 16.6 Å². The molecule has 1 aliphatic rings. The van der Waals surface area contributed by atoms with E-state index in [0.29, 0.717) is 0 Å². The van der Waals surface area contributed by atoms with Gasteiger partial charge in [-0.1, -0.05) is 26.2 Å². The minimum Gasteiger partial charge on any atom is -0.445 e. The third kappa shape index (κ3) is 4.05.